The molecule has 1 heterocycles. The fraction of sp³-hybridized carbons (Fsp3) is 0.830. The lowest BCUT2D eigenvalue weighted by molar-refractivity contribution is -0.302. The maximum atomic E-state index is 13.0. The lowest BCUT2D eigenvalue weighted by Gasteiger charge is -2.40. The fourth-order valence-electron chi connectivity index (χ4n) is 8.09. The molecule has 1 aliphatic heterocycles. The SMILES string of the molecule is CC/C=C\C/C=C\C/C=C\C/C=C\CCCCCCCCCCC(=O)NC(COC1OC(CO)C(O)C(O)C1O)C(O)CCCCCCCCCCCCCCCCCCCC. The molecule has 0 aromatic carbocycles. The van der Waals surface area contributed by atoms with E-state index in [-0.39, 0.29) is 12.5 Å². The van der Waals surface area contributed by atoms with Crippen LogP contribution in [0.15, 0.2) is 48.6 Å². The summed E-state index contributed by atoms with van der Waals surface area (Å²) in [7, 11) is 0. The summed E-state index contributed by atoms with van der Waals surface area (Å²) in [5, 5.41) is 54.5. The van der Waals surface area contributed by atoms with Crippen LogP contribution in [0.2, 0.25) is 0 Å². The molecule has 0 spiro atoms. The smallest absolute Gasteiger partial charge is 0.220 e. The number of aliphatic hydroxyl groups excluding tert-OH is 5. The van der Waals surface area contributed by atoms with Crippen LogP contribution in [0.5, 0.6) is 0 Å². The average Bonchev–Trinajstić information content (AvgIpc) is 3.27. The summed E-state index contributed by atoms with van der Waals surface area (Å²) in [6, 6.07) is -0.725. The third kappa shape index (κ3) is 32.8. The van der Waals surface area contributed by atoms with E-state index >= 15 is 0 Å². The van der Waals surface area contributed by atoms with Crippen molar-refractivity contribution in [3.63, 3.8) is 0 Å². The van der Waals surface area contributed by atoms with Gasteiger partial charge in [0.25, 0.3) is 0 Å². The molecule has 7 unspecified atom stereocenters. The van der Waals surface area contributed by atoms with Gasteiger partial charge in [0.05, 0.1) is 25.4 Å². The van der Waals surface area contributed by atoms with Crippen LogP contribution in [0.25, 0.3) is 0 Å². The average molecular weight is 876 g/mol. The van der Waals surface area contributed by atoms with Crippen molar-refractivity contribution in [1.82, 2.24) is 5.32 Å². The summed E-state index contributed by atoms with van der Waals surface area (Å²) >= 11 is 0. The topological polar surface area (TPSA) is 149 Å². The van der Waals surface area contributed by atoms with E-state index in [4.69, 9.17) is 9.47 Å². The van der Waals surface area contributed by atoms with E-state index in [0.717, 1.165) is 70.6 Å². The summed E-state index contributed by atoms with van der Waals surface area (Å²) in [5.74, 6) is -0.153. The highest BCUT2D eigenvalue weighted by atomic mass is 16.7. The van der Waals surface area contributed by atoms with Crippen molar-refractivity contribution in [2.75, 3.05) is 13.2 Å². The Morgan fingerprint density at radius 3 is 1.48 bits per heavy atom. The second-order valence-electron chi connectivity index (χ2n) is 17.9. The van der Waals surface area contributed by atoms with Gasteiger partial charge in [-0.3, -0.25) is 4.79 Å². The largest absolute Gasteiger partial charge is 0.394 e. The van der Waals surface area contributed by atoms with Gasteiger partial charge < -0.3 is 40.3 Å². The highest BCUT2D eigenvalue weighted by molar-refractivity contribution is 5.76. The van der Waals surface area contributed by atoms with Crippen molar-refractivity contribution in [3.8, 4) is 0 Å². The van der Waals surface area contributed by atoms with Crippen molar-refractivity contribution in [1.29, 1.82) is 0 Å². The summed E-state index contributed by atoms with van der Waals surface area (Å²) in [4.78, 5) is 13.0. The molecule has 1 saturated heterocycles. The third-order valence-electron chi connectivity index (χ3n) is 12.2. The lowest BCUT2D eigenvalue weighted by atomic mass is 9.99. The number of hydrogen-bond donors (Lipinski definition) is 6. The first-order valence-corrected chi connectivity index (χ1v) is 25.8. The molecule has 9 heteroatoms. The van der Waals surface area contributed by atoms with Crippen LogP contribution in [0, 0.1) is 0 Å². The minimum absolute atomic E-state index is 0.142. The predicted molar refractivity (Wildman–Crippen MR) is 258 cm³/mol. The maximum absolute atomic E-state index is 13.0. The first-order valence-electron chi connectivity index (χ1n) is 25.8. The number of hydrogen-bond acceptors (Lipinski definition) is 8. The molecule has 6 N–H and O–H groups in total. The summed E-state index contributed by atoms with van der Waals surface area (Å²) in [5.41, 5.74) is 0. The second-order valence-corrected chi connectivity index (χ2v) is 17.9. The molecule has 1 fully saturated rings. The van der Waals surface area contributed by atoms with Gasteiger partial charge in [0.15, 0.2) is 6.29 Å². The zero-order valence-corrected chi connectivity index (χ0v) is 39.9. The van der Waals surface area contributed by atoms with Crippen LogP contribution in [0.4, 0.5) is 0 Å². The Bertz CT molecular complexity index is 1110. The lowest BCUT2D eigenvalue weighted by Crippen LogP contribution is -2.60. The molecule has 9 nitrogen and oxygen atoms in total. The zero-order chi connectivity index (χ0) is 45.1. The maximum Gasteiger partial charge on any atom is 0.220 e. The van der Waals surface area contributed by atoms with Gasteiger partial charge in [0.1, 0.15) is 24.4 Å². The monoisotopic (exact) mass is 876 g/mol. The highest BCUT2D eigenvalue weighted by Crippen LogP contribution is 2.23. The Labute approximate surface area is 380 Å². The molecule has 7 atom stereocenters. The summed E-state index contributed by atoms with van der Waals surface area (Å²) in [6.45, 7) is 3.73. The number of carbonyl (C=O) groups excluding carboxylic acids is 1. The fourth-order valence-corrected chi connectivity index (χ4v) is 8.09. The number of aliphatic hydroxyl groups is 5. The Morgan fingerprint density at radius 1 is 0.565 bits per heavy atom. The first kappa shape index (κ1) is 58.2. The van der Waals surface area contributed by atoms with Crippen LogP contribution in [0.3, 0.4) is 0 Å². The highest BCUT2D eigenvalue weighted by Gasteiger charge is 2.44. The van der Waals surface area contributed by atoms with Crippen LogP contribution in [-0.2, 0) is 14.3 Å². The van der Waals surface area contributed by atoms with Crippen molar-refractivity contribution in [3.05, 3.63) is 48.6 Å². The minimum atomic E-state index is -1.56. The number of unbranched alkanes of at least 4 members (excludes halogenated alkanes) is 25. The van der Waals surface area contributed by atoms with Crippen LogP contribution in [0.1, 0.15) is 226 Å². The van der Waals surface area contributed by atoms with E-state index in [1.165, 1.54) is 128 Å². The summed E-state index contributed by atoms with van der Waals surface area (Å²) in [6.07, 6.45) is 48.3. The number of allylic oxidation sites excluding steroid dienone is 8. The zero-order valence-electron chi connectivity index (χ0n) is 39.9. The predicted octanol–water partition coefficient (Wildman–Crippen LogP) is 11.8. The molecule has 362 valence electrons. The van der Waals surface area contributed by atoms with Gasteiger partial charge >= 0.3 is 0 Å². The van der Waals surface area contributed by atoms with Crippen LogP contribution < -0.4 is 5.32 Å². The van der Waals surface area contributed by atoms with Crippen molar-refractivity contribution >= 4 is 5.91 Å². The Morgan fingerprint density at radius 2 is 1.00 bits per heavy atom. The van der Waals surface area contributed by atoms with Crippen molar-refractivity contribution in [2.45, 2.75) is 269 Å². The van der Waals surface area contributed by atoms with Gasteiger partial charge in [-0.2, -0.15) is 0 Å². The summed E-state index contributed by atoms with van der Waals surface area (Å²) < 4.78 is 11.3. The van der Waals surface area contributed by atoms with Gasteiger partial charge in [-0.25, -0.2) is 0 Å². The standard InChI is InChI=1S/C53H97NO8/c1-3-5-7-9-11-13-15-17-19-21-23-24-25-27-29-31-33-35-37-39-41-43-49(57)54-46(45-61-53-52(60)51(59)50(58)48(44-55)62-53)47(56)42-40-38-36-34-32-30-28-26-22-20-18-16-14-12-10-8-6-4-2/h5,7,11,13,17,19,23-24,46-48,50-53,55-56,58-60H,3-4,6,8-10,12,14-16,18,20-22,25-45H2,1-2H3,(H,54,57)/b7-5-,13-11-,19-17-,24-23-. The number of ether oxygens (including phenoxy) is 2. The molecule has 0 aromatic heterocycles. The van der Waals surface area contributed by atoms with E-state index in [9.17, 15) is 30.3 Å². The Hall–Kier alpha value is -1.85. The molecule has 62 heavy (non-hydrogen) atoms. The molecule has 1 aliphatic rings. The normalized spacial score (nSPS) is 20.7. The van der Waals surface area contributed by atoms with E-state index < -0.39 is 49.5 Å². The number of rotatable bonds is 43. The van der Waals surface area contributed by atoms with E-state index in [2.05, 4.69) is 67.8 Å². The van der Waals surface area contributed by atoms with Gasteiger partial charge in [-0.05, 0) is 51.4 Å². The molecule has 0 aliphatic carbocycles. The molecule has 1 amide bonds. The van der Waals surface area contributed by atoms with Gasteiger partial charge in [0, 0.05) is 6.42 Å². The van der Waals surface area contributed by atoms with Crippen LogP contribution >= 0.6 is 0 Å². The number of amides is 1. The molecule has 0 aromatic rings. The quantitative estimate of drug-likeness (QED) is 0.0262. The van der Waals surface area contributed by atoms with Crippen LogP contribution in [-0.4, -0.2) is 87.5 Å². The number of carbonyl (C=O) groups is 1. The van der Waals surface area contributed by atoms with Gasteiger partial charge in [-0.15, -0.1) is 0 Å². The molecule has 0 saturated carbocycles. The van der Waals surface area contributed by atoms with E-state index in [1.54, 1.807) is 0 Å². The van der Waals surface area contributed by atoms with Gasteiger partial charge in [-0.1, -0.05) is 217 Å². The van der Waals surface area contributed by atoms with Crippen molar-refractivity contribution in [2.24, 2.45) is 0 Å². The molecule has 0 bridgehead atoms. The second kappa shape index (κ2) is 43.1. The van der Waals surface area contributed by atoms with Crippen molar-refractivity contribution < 1.29 is 39.8 Å². The third-order valence-corrected chi connectivity index (χ3v) is 12.2. The first-order chi connectivity index (χ1) is 30.3. The molecular weight excluding hydrogens is 779 g/mol. The molecule has 1 rings (SSSR count). The Balaban J connectivity index is 2.28. The van der Waals surface area contributed by atoms with E-state index in [0.29, 0.717) is 12.8 Å². The molecule has 0 radical (unpaired) electrons. The number of nitrogens with one attached hydrogen (secondary N) is 1. The van der Waals surface area contributed by atoms with Gasteiger partial charge in [0.2, 0.25) is 5.91 Å². The van der Waals surface area contributed by atoms with E-state index in [1.807, 2.05) is 0 Å². The molecular formula is C53H97NO8. The Kier molecular flexibility index (Phi) is 40.4. The minimum Gasteiger partial charge on any atom is -0.394 e.